The SMILES string of the molecule is CC(C)CCNC(=O)NC(=O)C[NH+]1CCC[C@@H](c2nc3ccccc3s2)C1. The maximum Gasteiger partial charge on any atom is 0.321 e. The second-order valence-electron chi connectivity index (χ2n) is 7.73. The Hall–Kier alpha value is -1.99. The Bertz CT molecular complexity index is 756. The smallest absolute Gasteiger partial charge is 0.321 e. The molecule has 27 heavy (non-hydrogen) atoms. The Morgan fingerprint density at radius 1 is 1.33 bits per heavy atom. The number of likely N-dealkylation sites (tertiary alicyclic amines) is 1. The van der Waals surface area contributed by atoms with Crippen molar-refractivity contribution in [3.8, 4) is 0 Å². The van der Waals surface area contributed by atoms with E-state index in [0.717, 1.165) is 37.9 Å². The molecule has 3 rings (SSSR count). The van der Waals surface area contributed by atoms with Crippen molar-refractivity contribution >= 4 is 33.5 Å². The van der Waals surface area contributed by atoms with E-state index in [2.05, 4.69) is 30.5 Å². The summed E-state index contributed by atoms with van der Waals surface area (Å²) in [5, 5.41) is 6.36. The Labute approximate surface area is 164 Å². The minimum absolute atomic E-state index is 0.211. The van der Waals surface area contributed by atoms with E-state index in [0.29, 0.717) is 24.9 Å². The molecular weight excluding hydrogens is 360 g/mol. The molecule has 1 unspecified atom stereocenters. The Morgan fingerprint density at radius 2 is 2.15 bits per heavy atom. The molecule has 6 nitrogen and oxygen atoms in total. The highest BCUT2D eigenvalue weighted by atomic mass is 32.1. The van der Waals surface area contributed by atoms with Gasteiger partial charge in [-0.3, -0.25) is 10.1 Å². The van der Waals surface area contributed by atoms with Crippen LogP contribution in [0.4, 0.5) is 4.79 Å². The van der Waals surface area contributed by atoms with E-state index in [-0.39, 0.29) is 11.9 Å². The number of rotatable bonds is 6. The normalized spacial score (nSPS) is 20.0. The van der Waals surface area contributed by atoms with Crippen LogP contribution in [-0.4, -0.2) is 43.1 Å². The molecule has 1 saturated heterocycles. The molecule has 1 aliphatic rings. The van der Waals surface area contributed by atoms with Crippen LogP contribution in [0.2, 0.25) is 0 Å². The summed E-state index contributed by atoms with van der Waals surface area (Å²) < 4.78 is 1.22. The van der Waals surface area contributed by atoms with E-state index in [1.165, 1.54) is 14.6 Å². The van der Waals surface area contributed by atoms with Crippen LogP contribution in [0.5, 0.6) is 0 Å². The monoisotopic (exact) mass is 389 g/mol. The fourth-order valence-electron chi connectivity index (χ4n) is 3.50. The summed E-state index contributed by atoms with van der Waals surface area (Å²) in [6.45, 7) is 6.98. The molecule has 1 fully saturated rings. The van der Waals surface area contributed by atoms with Crippen molar-refractivity contribution in [1.29, 1.82) is 0 Å². The molecule has 2 atom stereocenters. The fourth-order valence-corrected chi connectivity index (χ4v) is 4.61. The lowest BCUT2D eigenvalue weighted by atomic mass is 9.99. The second-order valence-corrected chi connectivity index (χ2v) is 8.79. The number of hydrogen-bond donors (Lipinski definition) is 3. The van der Waals surface area contributed by atoms with Gasteiger partial charge in [0.1, 0.15) is 5.01 Å². The standard InChI is InChI=1S/C20H28N4O2S/c1-14(2)9-10-21-20(26)23-18(25)13-24-11-5-6-15(12-24)19-22-16-7-3-4-8-17(16)27-19/h3-4,7-8,14-15H,5-6,9-13H2,1-2H3,(H2,21,23,25,26)/p+1/t15-/m1/s1. The van der Waals surface area contributed by atoms with Crippen LogP contribution < -0.4 is 15.5 Å². The van der Waals surface area contributed by atoms with Crippen molar-refractivity contribution in [1.82, 2.24) is 15.6 Å². The molecule has 0 bridgehead atoms. The van der Waals surface area contributed by atoms with Crippen LogP contribution in [0.25, 0.3) is 10.2 Å². The van der Waals surface area contributed by atoms with E-state index in [1.54, 1.807) is 11.3 Å². The molecule has 1 aromatic heterocycles. The first-order valence-electron chi connectivity index (χ1n) is 9.78. The number of piperidine rings is 1. The average molecular weight is 390 g/mol. The summed E-state index contributed by atoms with van der Waals surface area (Å²) in [6, 6.07) is 7.82. The van der Waals surface area contributed by atoms with E-state index in [1.807, 2.05) is 18.2 Å². The molecule has 3 amide bonds. The number of amides is 3. The molecule has 0 saturated carbocycles. The highest BCUT2D eigenvalue weighted by Crippen LogP contribution is 2.30. The lowest BCUT2D eigenvalue weighted by molar-refractivity contribution is -0.898. The van der Waals surface area contributed by atoms with Crippen molar-refractivity contribution in [3.05, 3.63) is 29.3 Å². The van der Waals surface area contributed by atoms with Gasteiger partial charge in [0.05, 0.1) is 29.2 Å². The lowest BCUT2D eigenvalue weighted by Gasteiger charge is -2.28. The number of fused-ring (bicyclic) bond motifs is 1. The van der Waals surface area contributed by atoms with Crippen LogP contribution in [-0.2, 0) is 4.79 Å². The summed E-state index contributed by atoms with van der Waals surface area (Å²) >= 11 is 1.76. The number of nitrogens with one attached hydrogen (secondary N) is 3. The van der Waals surface area contributed by atoms with Gasteiger partial charge in [0, 0.05) is 6.54 Å². The van der Waals surface area contributed by atoms with E-state index < -0.39 is 0 Å². The van der Waals surface area contributed by atoms with Gasteiger partial charge in [-0.05, 0) is 37.3 Å². The maximum absolute atomic E-state index is 12.2. The first-order chi connectivity index (χ1) is 13.0. The highest BCUT2D eigenvalue weighted by molar-refractivity contribution is 7.18. The van der Waals surface area contributed by atoms with E-state index >= 15 is 0 Å². The number of imide groups is 1. The van der Waals surface area contributed by atoms with Crippen LogP contribution in [0, 0.1) is 5.92 Å². The van der Waals surface area contributed by atoms with Gasteiger partial charge in [0.15, 0.2) is 6.54 Å². The van der Waals surface area contributed by atoms with Crippen LogP contribution in [0.15, 0.2) is 24.3 Å². The molecule has 2 aromatic rings. The van der Waals surface area contributed by atoms with Crippen molar-refractivity contribution in [2.75, 3.05) is 26.2 Å². The predicted octanol–water partition coefficient (Wildman–Crippen LogP) is 1.93. The third-order valence-electron chi connectivity index (χ3n) is 4.95. The molecule has 0 aliphatic carbocycles. The molecule has 1 aliphatic heterocycles. The molecule has 3 N–H and O–H groups in total. The summed E-state index contributed by atoms with van der Waals surface area (Å²) in [5.41, 5.74) is 1.06. The molecule has 146 valence electrons. The summed E-state index contributed by atoms with van der Waals surface area (Å²) in [6.07, 6.45) is 3.09. The fraction of sp³-hybridized carbons (Fsp3) is 0.550. The van der Waals surface area contributed by atoms with Gasteiger partial charge in [-0.2, -0.15) is 0 Å². The van der Waals surface area contributed by atoms with E-state index in [9.17, 15) is 9.59 Å². The third-order valence-corrected chi connectivity index (χ3v) is 6.15. The summed E-state index contributed by atoms with van der Waals surface area (Å²) in [5.74, 6) is 0.703. The lowest BCUT2D eigenvalue weighted by Crippen LogP contribution is -3.14. The first-order valence-corrected chi connectivity index (χ1v) is 10.6. The Balaban J connectivity index is 1.49. The number of para-hydroxylation sites is 1. The molecule has 7 heteroatoms. The minimum Gasteiger partial charge on any atom is -0.338 e. The molecule has 0 spiro atoms. The van der Waals surface area contributed by atoms with Gasteiger partial charge in [-0.1, -0.05) is 26.0 Å². The number of benzene rings is 1. The third kappa shape index (κ3) is 5.74. The number of quaternary nitrogens is 1. The number of hydrogen-bond acceptors (Lipinski definition) is 4. The molecule has 0 radical (unpaired) electrons. The van der Waals surface area contributed by atoms with Gasteiger partial charge in [0.2, 0.25) is 0 Å². The van der Waals surface area contributed by atoms with Gasteiger partial charge in [-0.25, -0.2) is 9.78 Å². The van der Waals surface area contributed by atoms with Gasteiger partial charge >= 0.3 is 6.03 Å². The zero-order valence-electron chi connectivity index (χ0n) is 16.1. The first kappa shape index (κ1) is 19.8. The number of thiazole rings is 1. The largest absolute Gasteiger partial charge is 0.338 e. The number of urea groups is 1. The number of aromatic nitrogens is 1. The summed E-state index contributed by atoms with van der Waals surface area (Å²) in [7, 11) is 0. The van der Waals surface area contributed by atoms with Crippen LogP contribution in [0.3, 0.4) is 0 Å². The van der Waals surface area contributed by atoms with Crippen LogP contribution in [0.1, 0.15) is 44.0 Å². The molecule has 2 heterocycles. The predicted molar refractivity (Wildman–Crippen MR) is 108 cm³/mol. The zero-order valence-corrected chi connectivity index (χ0v) is 16.9. The van der Waals surface area contributed by atoms with Crippen molar-refractivity contribution in [2.45, 2.75) is 39.0 Å². The van der Waals surface area contributed by atoms with Gasteiger partial charge in [0.25, 0.3) is 5.91 Å². The van der Waals surface area contributed by atoms with Crippen molar-refractivity contribution in [2.24, 2.45) is 5.92 Å². The Kier molecular flexibility index (Phi) is 6.79. The summed E-state index contributed by atoms with van der Waals surface area (Å²) in [4.78, 5) is 30.0. The number of carbonyl (C=O) groups excluding carboxylic acids is 2. The molecular formula is C20H29N4O2S+. The maximum atomic E-state index is 12.2. The molecule has 1 aromatic carbocycles. The second kappa shape index (κ2) is 9.28. The highest BCUT2D eigenvalue weighted by Gasteiger charge is 2.28. The Morgan fingerprint density at radius 3 is 2.93 bits per heavy atom. The van der Waals surface area contributed by atoms with Crippen molar-refractivity contribution < 1.29 is 14.5 Å². The minimum atomic E-state index is -0.389. The van der Waals surface area contributed by atoms with E-state index in [4.69, 9.17) is 4.98 Å². The quantitative estimate of drug-likeness (QED) is 0.707. The number of nitrogens with zero attached hydrogens (tertiary/aromatic N) is 1. The zero-order chi connectivity index (χ0) is 19.2. The van der Waals surface area contributed by atoms with Gasteiger partial charge in [-0.15, -0.1) is 11.3 Å². The van der Waals surface area contributed by atoms with Crippen molar-refractivity contribution in [3.63, 3.8) is 0 Å². The average Bonchev–Trinajstić information content (AvgIpc) is 3.05. The number of carbonyl (C=O) groups is 2. The van der Waals surface area contributed by atoms with Crippen LogP contribution >= 0.6 is 11.3 Å². The van der Waals surface area contributed by atoms with Gasteiger partial charge < -0.3 is 10.2 Å². The topological polar surface area (TPSA) is 75.5 Å².